The fourth-order valence-corrected chi connectivity index (χ4v) is 4.77. The molecule has 0 aliphatic rings. The van der Waals surface area contributed by atoms with E-state index < -0.39 is 15.8 Å². The standard InChI is InChI=1S/C19H16F2N4O2S2/c1-12-10-16(6-7-17(12)21)29(26,27)22-9-8-15-11-28-19-23-18(24-25(15)19)13-2-4-14(20)5-3-13/h2-7,10-11,22H,8-9H2,1H3. The molecule has 10 heteroatoms. The van der Waals surface area contributed by atoms with Crippen LogP contribution < -0.4 is 4.72 Å². The van der Waals surface area contributed by atoms with E-state index in [0.29, 0.717) is 22.8 Å². The summed E-state index contributed by atoms with van der Waals surface area (Å²) < 4.78 is 55.5. The molecule has 0 amide bonds. The third-order valence-electron chi connectivity index (χ3n) is 4.37. The third kappa shape index (κ3) is 4.04. The number of benzene rings is 2. The van der Waals surface area contributed by atoms with Crippen molar-refractivity contribution in [3.8, 4) is 11.4 Å². The molecule has 2 aromatic carbocycles. The smallest absolute Gasteiger partial charge is 0.211 e. The van der Waals surface area contributed by atoms with Crippen LogP contribution in [-0.4, -0.2) is 29.6 Å². The minimum Gasteiger partial charge on any atom is -0.211 e. The first kappa shape index (κ1) is 19.6. The molecule has 0 spiro atoms. The zero-order chi connectivity index (χ0) is 20.6. The summed E-state index contributed by atoms with van der Waals surface area (Å²) in [6.45, 7) is 1.66. The predicted molar refractivity (Wildman–Crippen MR) is 106 cm³/mol. The molecule has 0 aliphatic carbocycles. The second kappa shape index (κ2) is 7.62. The molecule has 0 bridgehead atoms. The van der Waals surface area contributed by atoms with Gasteiger partial charge in [0, 0.05) is 23.9 Å². The van der Waals surface area contributed by atoms with Crippen molar-refractivity contribution in [3.63, 3.8) is 0 Å². The van der Waals surface area contributed by atoms with Gasteiger partial charge in [-0.3, -0.25) is 0 Å². The highest BCUT2D eigenvalue weighted by Crippen LogP contribution is 2.21. The summed E-state index contributed by atoms with van der Waals surface area (Å²) in [4.78, 5) is 5.11. The Labute approximate surface area is 169 Å². The molecule has 0 saturated heterocycles. The highest BCUT2D eigenvalue weighted by atomic mass is 32.2. The third-order valence-corrected chi connectivity index (χ3v) is 6.69. The summed E-state index contributed by atoms with van der Waals surface area (Å²) in [6.07, 6.45) is 0.394. The highest BCUT2D eigenvalue weighted by molar-refractivity contribution is 7.89. The molecule has 2 aromatic heterocycles. The second-order valence-electron chi connectivity index (χ2n) is 6.42. The Kier molecular flexibility index (Phi) is 5.15. The van der Waals surface area contributed by atoms with Crippen LogP contribution in [0.1, 0.15) is 11.3 Å². The van der Waals surface area contributed by atoms with E-state index in [0.717, 1.165) is 11.8 Å². The average molecular weight is 434 g/mol. The fraction of sp³-hybridized carbons (Fsp3) is 0.158. The Morgan fingerprint density at radius 1 is 1.14 bits per heavy atom. The maximum Gasteiger partial charge on any atom is 0.240 e. The summed E-state index contributed by atoms with van der Waals surface area (Å²) in [5.74, 6) is -0.313. The fourth-order valence-electron chi connectivity index (χ4n) is 2.80. The topological polar surface area (TPSA) is 76.4 Å². The van der Waals surface area contributed by atoms with Crippen LogP contribution in [-0.2, 0) is 16.4 Å². The van der Waals surface area contributed by atoms with Gasteiger partial charge in [0.25, 0.3) is 0 Å². The van der Waals surface area contributed by atoms with Crippen molar-refractivity contribution < 1.29 is 17.2 Å². The van der Waals surface area contributed by atoms with Gasteiger partial charge in [0.15, 0.2) is 5.82 Å². The quantitative estimate of drug-likeness (QED) is 0.503. The van der Waals surface area contributed by atoms with Gasteiger partial charge in [-0.1, -0.05) is 0 Å². The molecule has 6 nitrogen and oxygen atoms in total. The molecule has 4 rings (SSSR count). The van der Waals surface area contributed by atoms with Crippen LogP contribution in [0.2, 0.25) is 0 Å². The van der Waals surface area contributed by atoms with E-state index >= 15 is 0 Å². The molecular formula is C19H16F2N4O2S2. The summed E-state index contributed by atoms with van der Waals surface area (Å²) in [5.41, 5.74) is 1.76. The maximum atomic E-state index is 13.4. The number of thiazole rings is 1. The molecule has 0 radical (unpaired) electrons. The molecular weight excluding hydrogens is 418 g/mol. The number of nitrogens with zero attached hydrogens (tertiary/aromatic N) is 3. The van der Waals surface area contributed by atoms with Crippen LogP contribution in [0.25, 0.3) is 16.3 Å². The van der Waals surface area contributed by atoms with Gasteiger partial charge in [-0.15, -0.1) is 16.4 Å². The largest absolute Gasteiger partial charge is 0.240 e. The number of rotatable bonds is 6. The van der Waals surface area contributed by atoms with Gasteiger partial charge in [-0.25, -0.2) is 26.4 Å². The van der Waals surface area contributed by atoms with E-state index in [1.165, 1.54) is 42.5 Å². The monoisotopic (exact) mass is 434 g/mol. The Bertz CT molecular complexity index is 1280. The number of aromatic nitrogens is 3. The first-order chi connectivity index (χ1) is 13.8. The van der Waals surface area contributed by atoms with Crippen molar-refractivity contribution in [2.45, 2.75) is 18.2 Å². The number of fused-ring (bicyclic) bond motifs is 1. The van der Waals surface area contributed by atoms with E-state index in [2.05, 4.69) is 14.8 Å². The molecule has 150 valence electrons. The molecule has 1 N–H and O–H groups in total. The van der Waals surface area contributed by atoms with Crippen LogP contribution >= 0.6 is 11.3 Å². The lowest BCUT2D eigenvalue weighted by atomic mass is 10.2. The maximum absolute atomic E-state index is 13.4. The lowest BCUT2D eigenvalue weighted by Crippen LogP contribution is -2.26. The number of halogens is 2. The Balaban J connectivity index is 1.48. The highest BCUT2D eigenvalue weighted by Gasteiger charge is 2.16. The minimum absolute atomic E-state index is 0.0196. The van der Waals surface area contributed by atoms with Gasteiger partial charge >= 0.3 is 0 Å². The summed E-state index contributed by atoms with van der Waals surface area (Å²) in [7, 11) is -3.74. The Morgan fingerprint density at radius 2 is 1.90 bits per heavy atom. The van der Waals surface area contributed by atoms with Crippen molar-refractivity contribution in [1.29, 1.82) is 0 Å². The van der Waals surface area contributed by atoms with Crippen LogP contribution in [0, 0.1) is 18.6 Å². The first-order valence-electron chi connectivity index (χ1n) is 8.68. The van der Waals surface area contributed by atoms with E-state index in [9.17, 15) is 17.2 Å². The zero-order valence-electron chi connectivity index (χ0n) is 15.3. The molecule has 0 atom stereocenters. The first-order valence-corrected chi connectivity index (χ1v) is 11.0. The summed E-state index contributed by atoms with van der Waals surface area (Å²) in [6, 6.07) is 9.57. The Hall–Kier alpha value is -2.69. The normalized spacial score (nSPS) is 12.0. The van der Waals surface area contributed by atoms with E-state index in [4.69, 9.17) is 0 Å². The molecule has 0 saturated carbocycles. The van der Waals surface area contributed by atoms with Crippen molar-refractivity contribution in [2.75, 3.05) is 6.54 Å². The van der Waals surface area contributed by atoms with Gasteiger partial charge in [0.1, 0.15) is 11.6 Å². The van der Waals surface area contributed by atoms with Gasteiger partial charge in [-0.05, 0) is 55.0 Å². The average Bonchev–Trinajstić information content (AvgIpc) is 3.26. The van der Waals surface area contributed by atoms with Crippen LogP contribution in [0.3, 0.4) is 0 Å². The van der Waals surface area contributed by atoms with Crippen molar-refractivity contribution in [1.82, 2.24) is 19.3 Å². The number of sulfonamides is 1. The van der Waals surface area contributed by atoms with Gasteiger partial charge in [0.2, 0.25) is 15.0 Å². The lowest BCUT2D eigenvalue weighted by Gasteiger charge is -2.07. The van der Waals surface area contributed by atoms with Crippen LogP contribution in [0.5, 0.6) is 0 Å². The van der Waals surface area contributed by atoms with Crippen LogP contribution in [0.4, 0.5) is 8.78 Å². The van der Waals surface area contributed by atoms with Gasteiger partial charge in [0.05, 0.1) is 10.6 Å². The van der Waals surface area contributed by atoms with Crippen molar-refractivity contribution >= 4 is 26.3 Å². The lowest BCUT2D eigenvalue weighted by molar-refractivity contribution is 0.579. The number of nitrogens with one attached hydrogen (secondary N) is 1. The van der Waals surface area contributed by atoms with E-state index in [1.54, 1.807) is 16.6 Å². The van der Waals surface area contributed by atoms with Crippen molar-refractivity contribution in [2.24, 2.45) is 0 Å². The van der Waals surface area contributed by atoms with Crippen LogP contribution in [0.15, 0.2) is 52.7 Å². The summed E-state index contributed by atoms with van der Waals surface area (Å²) in [5, 5.41) is 6.30. The SMILES string of the molecule is Cc1cc(S(=O)(=O)NCCc2csc3nc(-c4ccc(F)cc4)nn23)ccc1F. The molecule has 4 aromatic rings. The second-order valence-corrected chi connectivity index (χ2v) is 9.03. The molecule has 2 heterocycles. The molecule has 29 heavy (non-hydrogen) atoms. The minimum atomic E-state index is -3.74. The summed E-state index contributed by atoms with van der Waals surface area (Å²) >= 11 is 1.39. The Morgan fingerprint density at radius 3 is 2.62 bits per heavy atom. The number of hydrogen-bond donors (Lipinski definition) is 1. The van der Waals surface area contributed by atoms with Crippen molar-refractivity contribution in [3.05, 3.63) is 70.7 Å². The number of aryl methyl sites for hydroxylation is 1. The zero-order valence-corrected chi connectivity index (χ0v) is 16.9. The van der Waals surface area contributed by atoms with Gasteiger partial charge < -0.3 is 0 Å². The van der Waals surface area contributed by atoms with E-state index in [1.807, 2.05) is 5.38 Å². The molecule has 0 fully saturated rings. The van der Waals surface area contributed by atoms with Gasteiger partial charge in [-0.2, -0.15) is 4.98 Å². The molecule has 0 unspecified atom stereocenters. The predicted octanol–water partition coefficient (Wildman–Crippen LogP) is 3.57. The molecule has 0 aliphatic heterocycles. The van der Waals surface area contributed by atoms with E-state index in [-0.39, 0.29) is 22.8 Å². The number of hydrogen-bond acceptors (Lipinski definition) is 5.